The van der Waals surface area contributed by atoms with Crippen LogP contribution in [0.4, 0.5) is 5.95 Å². The van der Waals surface area contributed by atoms with E-state index >= 15 is 0 Å². The highest BCUT2D eigenvalue weighted by Gasteiger charge is 2.43. The first-order chi connectivity index (χ1) is 15.1. The molecular weight excluding hydrogens is 388 g/mol. The molecule has 0 amide bonds. The monoisotopic (exact) mass is 416 g/mol. The van der Waals surface area contributed by atoms with Crippen LogP contribution in [-0.4, -0.2) is 33.2 Å². The molecule has 0 radical (unpaired) electrons. The lowest BCUT2D eigenvalue weighted by Crippen LogP contribution is -2.55. The average Bonchev–Trinajstić information content (AvgIpc) is 2.82. The Morgan fingerprint density at radius 1 is 1.03 bits per heavy atom. The maximum absolute atomic E-state index is 12.8. The van der Waals surface area contributed by atoms with Gasteiger partial charge in [-0.3, -0.25) is 14.3 Å². The van der Waals surface area contributed by atoms with Gasteiger partial charge in [-0.1, -0.05) is 49.6 Å². The van der Waals surface area contributed by atoms with Crippen molar-refractivity contribution in [3.05, 3.63) is 76.8 Å². The van der Waals surface area contributed by atoms with E-state index in [2.05, 4.69) is 34.1 Å². The third kappa shape index (κ3) is 4.00. The highest BCUT2D eigenvalue weighted by molar-refractivity contribution is 5.59. The van der Waals surface area contributed by atoms with Crippen molar-refractivity contribution in [2.24, 2.45) is 7.05 Å². The zero-order chi connectivity index (χ0) is 21.3. The summed E-state index contributed by atoms with van der Waals surface area (Å²) < 4.78 is 8.43. The smallest absolute Gasteiger partial charge is 0.255 e. The second kappa shape index (κ2) is 8.27. The van der Waals surface area contributed by atoms with E-state index in [1.807, 2.05) is 25.2 Å². The number of anilines is 1. The van der Waals surface area contributed by atoms with Crippen LogP contribution < -0.4 is 10.5 Å². The summed E-state index contributed by atoms with van der Waals surface area (Å²) in [7, 11) is 1.81. The van der Waals surface area contributed by atoms with E-state index in [0.717, 1.165) is 24.9 Å². The van der Waals surface area contributed by atoms with Gasteiger partial charge in [0.05, 0.1) is 17.8 Å². The number of morpholine rings is 1. The fourth-order valence-electron chi connectivity index (χ4n) is 4.94. The van der Waals surface area contributed by atoms with Gasteiger partial charge in [0.15, 0.2) is 0 Å². The first-order valence-corrected chi connectivity index (χ1v) is 11.1. The number of benzene rings is 1. The van der Waals surface area contributed by atoms with E-state index in [-0.39, 0.29) is 17.3 Å². The van der Waals surface area contributed by atoms with Crippen molar-refractivity contribution in [3.63, 3.8) is 0 Å². The van der Waals surface area contributed by atoms with Crippen LogP contribution in [-0.2, 0) is 11.8 Å². The average molecular weight is 417 g/mol. The van der Waals surface area contributed by atoms with Crippen molar-refractivity contribution in [3.8, 4) is 11.3 Å². The van der Waals surface area contributed by atoms with Crippen LogP contribution in [0, 0.1) is 0 Å². The maximum Gasteiger partial charge on any atom is 0.255 e. The van der Waals surface area contributed by atoms with Crippen LogP contribution in [0.3, 0.4) is 0 Å². The van der Waals surface area contributed by atoms with E-state index in [1.54, 1.807) is 23.0 Å². The van der Waals surface area contributed by atoms with Gasteiger partial charge in [-0.05, 0) is 30.5 Å². The lowest BCUT2D eigenvalue weighted by atomic mass is 9.82. The SMILES string of the molecule is Cn1c(N2CC(c3ccccc3)OC3(CCCCC3)C2)nc(-c2ccncc2)cc1=O. The number of rotatable bonds is 3. The van der Waals surface area contributed by atoms with E-state index in [9.17, 15) is 4.79 Å². The molecule has 0 N–H and O–H groups in total. The normalized spacial score (nSPS) is 20.7. The van der Waals surface area contributed by atoms with E-state index in [0.29, 0.717) is 18.2 Å². The van der Waals surface area contributed by atoms with E-state index < -0.39 is 0 Å². The van der Waals surface area contributed by atoms with Gasteiger partial charge in [-0.25, -0.2) is 4.98 Å². The Balaban J connectivity index is 1.56. The van der Waals surface area contributed by atoms with Crippen molar-refractivity contribution in [1.82, 2.24) is 14.5 Å². The molecule has 1 unspecified atom stereocenters. The lowest BCUT2D eigenvalue weighted by Gasteiger charge is -2.49. The molecule has 2 aliphatic rings. The van der Waals surface area contributed by atoms with Gasteiger partial charge < -0.3 is 9.64 Å². The standard InChI is InChI=1S/C25H28N4O2/c1-28-23(30)16-21(19-10-14-26-15-11-19)27-24(28)29-17-22(20-8-4-2-5-9-20)31-25(18-29)12-6-3-7-13-25/h2,4-5,8-11,14-16,22H,3,6-7,12-13,17-18H2,1H3. The summed E-state index contributed by atoms with van der Waals surface area (Å²) in [4.78, 5) is 24.1. The Kier molecular flexibility index (Phi) is 5.32. The Hall–Kier alpha value is -2.99. The molecule has 1 spiro atoms. The van der Waals surface area contributed by atoms with Crippen LogP contribution >= 0.6 is 0 Å². The summed E-state index contributed by atoms with van der Waals surface area (Å²) in [5.74, 6) is 0.702. The quantitative estimate of drug-likeness (QED) is 0.643. The van der Waals surface area contributed by atoms with Crippen LogP contribution in [0.25, 0.3) is 11.3 Å². The molecule has 1 saturated carbocycles. The highest BCUT2D eigenvalue weighted by Crippen LogP contribution is 2.41. The predicted octanol–water partition coefficient (Wildman–Crippen LogP) is 4.12. The van der Waals surface area contributed by atoms with Crippen LogP contribution in [0.1, 0.15) is 43.8 Å². The molecular formula is C25H28N4O2. The summed E-state index contributed by atoms with van der Waals surface area (Å²) in [6.07, 6.45) is 9.12. The van der Waals surface area contributed by atoms with Crippen molar-refractivity contribution < 1.29 is 4.74 Å². The second-order valence-corrected chi connectivity index (χ2v) is 8.72. The van der Waals surface area contributed by atoms with Gasteiger partial charge in [-0.2, -0.15) is 0 Å². The molecule has 1 atom stereocenters. The summed E-state index contributed by atoms with van der Waals surface area (Å²) in [5.41, 5.74) is 2.50. The molecule has 3 heterocycles. The summed E-state index contributed by atoms with van der Waals surface area (Å²) in [6.45, 7) is 1.43. The minimum absolute atomic E-state index is 0.0467. The summed E-state index contributed by atoms with van der Waals surface area (Å²) in [5, 5.41) is 0. The van der Waals surface area contributed by atoms with Crippen LogP contribution in [0.5, 0.6) is 0 Å². The first kappa shape index (κ1) is 19.9. The van der Waals surface area contributed by atoms with Gasteiger partial charge in [0.2, 0.25) is 5.95 Å². The molecule has 1 aromatic carbocycles. The number of aromatic nitrogens is 3. The fourth-order valence-corrected chi connectivity index (χ4v) is 4.94. The van der Waals surface area contributed by atoms with Crippen LogP contribution in [0.2, 0.25) is 0 Å². The topological polar surface area (TPSA) is 60.2 Å². The van der Waals surface area contributed by atoms with Crippen molar-refractivity contribution >= 4 is 5.95 Å². The number of ether oxygens (including phenoxy) is 1. The molecule has 2 fully saturated rings. The maximum atomic E-state index is 12.8. The Morgan fingerprint density at radius 3 is 2.52 bits per heavy atom. The second-order valence-electron chi connectivity index (χ2n) is 8.72. The number of pyridine rings is 1. The zero-order valence-electron chi connectivity index (χ0n) is 17.9. The van der Waals surface area contributed by atoms with E-state index in [1.165, 1.54) is 24.8 Å². The molecule has 2 aromatic heterocycles. The number of hydrogen-bond acceptors (Lipinski definition) is 5. The predicted molar refractivity (Wildman–Crippen MR) is 121 cm³/mol. The van der Waals surface area contributed by atoms with Gasteiger partial charge in [0.25, 0.3) is 5.56 Å². The Labute approximate surface area is 182 Å². The number of nitrogens with zero attached hydrogens (tertiary/aromatic N) is 4. The van der Waals surface area contributed by atoms with Crippen LogP contribution in [0.15, 0.2) is 65.7 Å². The molecule has 1 aliphatic heterocycles. The van der Waals surface area contributed by atoms with Gasteiger partial charge in [0, 0.05) is 37.6 Å². The van der Waals surface area contributed by atoms with E-state index in [4.69, 9.17) is 9.72 Å². The Morgan fingerprint density at radius 2 is 1.77 bits per heavy atom. The van der Waals surface area contributed by atoms with Gasteiger partial charge in [0.1, 0.15) is 6.10 Å². The zero-order valence-corrected chi connectivity index (χ0v) is 17.9. The summed E-state index contributed by atoms with van der Waals surface area (Å²) in [6, 6.07) is 15.8. The molecule has 31 heavy (non-hydrogen) atoms. The van der Waals surface area contributed by atoms with Crippen molar-refractivity contribution in [2.75, 3.05) is 18.0 Å². The fraction of sp³-hybridized carbons (Fsp3) is 0.400. The Bertz CT molecular complexity index is 1090. The molecule has 1 saturated heterocycles. The summed E-state index contributed by atoms with van der Waals surface area (Å²) >= 11 is 0. The van der Waals surface area contributed by atoms with Gasteiger partial charge in [-0.15, -0.1) is 0 Å². The lowest BCUT2D eigenvalue weighted by molar-refractivity contribution is -0.127. The highest BCUT2D eigenvalue weighted by atomic mass is 16.5. The van der Waals surface area contributed by atoms with Gasteiger partial charge >= 0.3 is 0 Å². The van der Waals surface area contributed by atoms with Crippen molar-refractivity contribution in [2.45, 2.75) is 43.8 Å². The molecule has 0 bridgehead atoms. The third-order valence-electron chi connectivity index (χ3n) is 6.56. The molecule has 6 heteroatoms. The molecule has 3 aromatic rings. The largest absolute Gasteiger partial charge is 0.363 e. The first-order valence-electron chi connectivity index (χ1n) is 11.1. The molecule has 5 rings (SSSR count). The molecule has 6 nitrogen and oxygen atoms in total. The minimum atomic E-state index is -0.193. The third-order valence-corrected chi connectivity index (χ3v) is 6.56. The molecule has 1 aliphatic carbocycles. The van der Waals surface area contributed by atoms with Crippen molar-refractivity contribution in [1.29, 1.82) is 0 Å². The number of hydrogen-bond donors (Lipinski definition) is 0. The minimum Gasteiger partial charge on any atom is -0.363 e. The molecule has 160 valence electrons.